The normalized spacial score (nSPS) is 14.7. The Bertz CT molecular complexity index is 817. The van der Waals surface area contributed by atoms with Crippen molar-refractivity contribution in [3.05, 3.63) is 60.4 Å². The summed E-state index contributed by atoms with van der Waals surface area (Å²) in [4.78, 5) is 20.8. The minimum atomic E-state index is -0.426. The molecule has 3 rings (SSSR count). The van der Waals surface area contributed by atoms with E-state index in [0.29, 0.717) is 11.4 Å². The van der Waals surface area contributed by atoms with E-state index in [1.807, 2.05) is 29.2 Å². The summed E-state index contributed by atoms with van der Waals surface area (Å²) in [7, 11) is 0. The molecule has 1 amide bonds. The minimum absolute atomic E-state index is 0.0770. The van der Waals surface area contributed by atoms with E-state index in [1.54, 1.807) is 36.7 Å². The van der Waals surface area contributed by atoms with E-state index in [2.05, 4.69) is 15.2 Å². The smallest absolute Gasteiger partial charge is 0.267 e. The lowest BCUT2D eigenvalue weighted by Crippen LogP contribution is -2.44. The number of nitriles is 1. The first-order valence-electron chi connectivity index (χ1n) is 8.34. The number of carbonyl (C=O) groups is 1. The van der Waals surface area contributed by atoms with Crippen molar-refractivity contribution in [1.82, 2.24) is 9.88 Å². The topological polar surface area (TPSA) is 98.3 Å². The Morgan fingerprint density at radius 2 is 1.88 bits per heavy atom. The van der Waals surface area contributed by atoms with Gasteiger partial charge in [0.15, 0.2) is 0 Å². The zero-order valence-corrected chi connectivity index (χ0v) is 14.3. The summed E-state index contributed by atoms with van der Waals surface area (Å²) < 4.78 is 0. The van der Waals surface area contributed by atoms with Gasteiger partial charge in [-0.15, -0.1) is 0 Å². The van der Waals surface area contributed by atoms with Crippen LogP contribution in [0.3, 0.4) is 0 Å². The fourth-order valence-electron chi connectivity index (χ4n) is 2.71. The number of anilines is 3. The van der Waals surface area contributed by atoms with E-state index in [4.69, 9.17) is 5.73 Å². The Hall–Kier alpha value is -3.53. The quantitative estimate of drug-likeness (QED) is 0.497. The Balaban J connectivity index is 1.60. The van der Waals surface area contributed by atoms with Crippen molar-refractivity contribution in [3.8, 4) is 6.07 Å². The molecular formula is C19H20N6O. The van der Waals surface area contributed by atoms with Gasteiger partial charge in [-0.1, -0.05) is 6.07 Å². The first-order valence-corrected chi connectivity index (χ1v) is 8.34. The van der Waals surface area contributed by atoms with Gasteiger partial charge in [0.2, 0.25) is 0 Å². The fourth-order valence-corrected chi connectivity index (χ4v) is 2.71. The lowest BCUT2D eigenvalue weighted by Gasteiger charge is -2.34. The highest BCUT2D eigenvalue weighted by molar-refractivity contribution is 6.06. The molecule has 1 aromatic heterocycles. The fraction of sp³-hybridized carbons (Fsp3) is 0.211. The van der Waals surface area contributed by atoms with Crippen LogP contribution >= 0.6 is 0 Å². The van der Waals surface area contributed by atoms with Gasteiger partial charge in [0.1, 0.15) is 17.5 Å². The van der Waals surface area contributed by atoms with Gasteiger partial charge in [0.25, 0.3) is 5.91 Å². The number of pyridine rings is 1. The molecule has 26 heavy (non-hydrogen) atoms. The number of amides is 1. The highest BCUT2D eigenvalue weighted by Crippen LogP contribution is 2.15. The van der Waals surface area contributed by atoms with Crippen LogP contribution in [0.2, 0.25) is 0 Å². The minimum Gasteiger partial charge on any atom is -0.399 e. The van der Waals surface area contributed by atoms with E-state index < -0.39 is 5.91 Å². The van der Waals surface area contributed by atoms with E-state index >= 15 is 0 Å². The third-order valence-corrected chi connectivity index (χ3v) is 4.13. The third kappa shape index (κ3) is 4.30. The van der Waals surface area contributed by atoms with Crippen LogP contribution in [0.25, 0.3) is 0 Å². The van der Waals surface area contributed by atoms with Crippen LogP contribution in [0.15, 0.2) is 60.4 Å². The summed E-state index contributed by atoms with van der Waals surface area (Å²) in [5.41, 5.74) is 6.92. The van der Waals surface area contributed by atoms with Crippen LogP contribution in [-0.2, 0) is 4.79 Å². The Labute approximate surface area is 152 Å². The van der Waals surface area contributed by atoms with Crippen molar-refractivity contribution in [2.45, 2.75) is 0 Å². The van der Waals surface area contributed by atoms with Crippen molar-refractivity contribution in [1.29, 1.82) is 5.26 Å². The second-order valence-electron chi connectivity index (χ2n) is 5.94. The SMILES string of the molecule is N#C/C(=C/N1CCN(c2ccccn2)CC1)C(=O)Nc1ccc(N)cc1. The lowest BCUT2D eigenvalue weighted by atomic mass is 10.2. The molecule has 1 aliphatic rings. The average molecular weight is 348 g/mol. The number of hydrogen-bond acceptors (Lipinski definition) is 6. The predicted octanol–water partition coefficient (Wildman–Crippen LogP) is 1.83. The van der Waals surface area contributed by atoms with Gasteiger partial charge in [0, 0.05) is 50.0 Å². The van der Waals surface area contributed by atoms with Gasteiger partial charge in [-0.05, 0) is 36.4 Å². The first-order chi connectivity index (χ1) is 12.7. The monoisotopic (exact) mass is 348 g/mol. The average Bonchev–Trinajstić information content (AvgIpc) is 2.69. The van der Waals surface area contributed by atoms with Crippen LogP contribution in [0.4, 0.5) is 17.2 Å². The molecule has 0 spiro atoms. The number of nitrogens with zero attached hydrogens (tertiary/aromatic N) is 4. The maximum absolute atomic E-state index is 12.3. The molecule has 7 heteroatoms. The largest absolute Gasteiger partial charge is 0.399 e. The number of rotatable bonds is 4. The van der Waals surface area contributed by atoms with Crippen molar-refractivity contribution in [2.75, 3.05) is 42.1 Å². The molecule has 0 atom stereocenters. The van der Waals surface area contributed by atoms with E-state index in [1.165, 1.54) is 0 Å². The standard InChI is InChI=1S/C19H20N6O/c20-13-15(19(26)23-17-6-4-16(21)5-7-17)14-24-9-11-25(12-10-24)18-3-1-2-8-22-18/h1-8,14H,9-12,21H2,(H,23,26)/b15-14-. The van der Waals surface area contributed by atoms with E-state index in [9.17, 15) is 10.1 Å². The van der Waals surface area contributed by atoms with Crippen molar-refractivity contribution < 1.29 is 4.79 Å². The third-order valence-electron chi connectivity index (χ3n) is 4.13. The van der Waals surface area contributed by atoms with Crippen molar-refractivity contribution in [2.24, 2.45) is 0 Å². The molecular weight excluding hydrogens is 328 g/mol. The molecule has 1 fully saturated rings. The van der Waals surface area contributed by atoms with E-state index in [-0.39, 0.29) is 5.57 Å². The molecule has 0 saturated carbocycles. The number of carbonyl (C=O) groups excluding carboxylic acids is 1. The predicted molar refractivity (Wildman–Crippen MR) is 101 cm³/mol. The summed E-state index contributed by atoms with van der Waals surface area (Å²) in [6.45, 7) is 3.01. The summed E-state index contributed by atoms with van der Waals surface area (Å²) in [5.74, 6) is 0.516. The van der Waals surface area contributed by atoms with Gasteiger partial charge >= 0.3 is 0 Å². The highest BCUT2D eigenvalue weighted by Gasteiger charge is 2.18. The van der Waals surface area contributed by atoms with Crippen LogP contribution in [0.5, 0.6) is 0 Å². The van der Waals surface area contributed by atoms with Gasteiger partial charge in [0.05, 0.1) is 0 Å². The molecule has 3 N–H and O–H groups in total. The molecule has 2 aromatic rings. The first kappa shape index (κ1) is 17.3. The molecule has 7 nitrogen and oxygen atoms in total. The lowest BCUT2D eigenvalue weighted by molar-refractivity contribution is -0.112. The maximum Gasteiger partial charge on any atom is 0.267 e. The van der Waals surface area contributed by atoms with Gasteiger partial charge in [-0.2, -0.15) is 5.26 Å². The molecule has 1 aromatic carbocycles. The van der Waals surface area contributed by atoms with Gasteiger partial charge in [-0.3, -0.25) is 4.79 Å². The number of piperazine rings is 1. The van der Waals surface area contributed by atoms with Crippen molar-refractivity contribution in [3.63, 3.8) is 0 Å². The number of nitrogens with one attached hydrogen (secondary N) is 1. The molecule has 1 saturated heterocycles. The van der Waals surface area contributed by atoms with Gasteiger partial charge < -0.3 is 20.9 Å². The molecule has 0 bridgehead atoms. The number of aromatic nitrogens is 1. The highest BCUT2D eigenvalue weighted by atomic mass is 16.1. The van der Waals surface area contributed by atoms with Crippen LogP contribution in [0, 0.1) is 11.3 Å². The molecule has 0 unspecified atom stereocenters. The molecule has 0 radical (unpaired) electrons. The van der Waals surface area contributed by atoms with Crippen LogP contribution < -0.4 is 16.0 Å². The number of benzene rings is 1. The Morgan fingerprint density at radius 1 is 1.15 bits per heavy atom. The summed E-state index contributed by atoms with van der Waals surface area (Å²) >= 11 is 0. The molecule has 0 aliphatic carbocycles. The summed E-state index contributed by atoms with van der Waals surface area (Å²) in [5, 5.41) is 12.0. The second-order valence-corrected chi connectivity index (χ2v) is 5.94. The van der Waals surface area contributed by atoms with Crippen LogP contribution in [-0.4, -0.2) is 42.0 Å². The second kappa shape index (κ2) is 8.03. The Kier molecular flexibility index (Phi) is 5.34. The molecule has 132 valence electrons. The van der Waals surface area contributed by atoms with Crippen molar-refractivity contribution >= 4 is 23.1 Å². The Morgan fingerprint density at radius 3 is 2.50 bits per heavy atom. The zero-order chi connectivity index (χ0) is 18.4. The van der Waals surface area contributed by atoms with Gasteiger partial charge in [-0.25, -0.2) is 4.98 Å². The molecule has 2 heterocycles. The molecule has 1 aliphatic heterocycles. The summed E-state index contributed by atoms with van der Waals surface area (Å²) in [6, 6.07) is 14.6. The summed E-state index contributed by atoms with van der Waals surface area (Å²) in [6.07, 6.45) is 3.40. The van der Waals surface area contributed by atoms with E-state index in [0.717, 1.165) is 32.0 Å². The number of nitrogen functional groups attached to an aromatic ring is 1. The number of nitrogens with two attached hydrogens (primary N) is 1. The number of hydrogen-bond donors (Lipinski definition) is 2. The van der Waals surface area contributed by atoms with Crippen LogP contribution in [0.1, 0.15) is 0 Å². The maximum atomic E-state index is 12.3. The zero-order valence-electron chi connectivity index (χ0n) is 14.3.